The molecule has 4 N–H and O–H groups in total. The summed E-state index contributed by atoms with van der Waals surface area (Å²) in [6.45, 7) is 0. The number of rotatable bonds is 3. The molecule has 3 rings (SSSR count). The molecule has 1 aromatic carbocycles. The molecule has 1 fully saturated rings. The Hall–Kier alpha value is -1.85. The summed E-state index contributed by atoms with van der Waals surface area (Å²) in [4.78, 5) is 26.8. The first-order chi connectivity index (χ1) is 11.1. The monoisotopic (exact) mass is 333 g/mol. The van der Waals surface area contributed by atoms with Crippen LogP contribution < -0.4 is 16.6 Å². The minimum atomic E-state index is -0.527. The Morgan fingerprint density at radius 1 is 1.30 bits per heavy atom. The fourth-order valence-corrected chi connectivity index (χ4v) is 3.44. The molecule has 1 aliphatic rings. The van der Waals surface area contributed by atoms with E-state index in [1.54, 1.807) is 24.4 Å². The molecular weight excluding hydrogens is 314 g/mol. The fraction of sp³-hybridized carbons (Fsp3) is 0.412. The van der Waals surface area contributed by atoms with Gasteiger partial charge in [0.25, 0.3) is 5.56 Å². The lowest BCUT2D eigenvalue weighted by Gasteiger charge is -2.26. The van der Waals surface area contributed by atoms with E-state index in [2.05, 4.69) is 10.3 Å². The van der Waals surface area contributed by atoms with Crippen molar-refractivity contribution in [2.45, 2.75) is 38.1 Å². The quantitative estimate of drug-likeness (QED) is 0.806. The number of pyridine rings is 1. The zero-order valence-electron chi connectivity index (χ0n) is 12.8. The molecule has 0 bridgehead atoms. The van der Waals surface area contributed by atoms with Gasteiger partial charge in [0.2, 0.25) is 5.91 Å². The Morgan fingerprint density at radius 2 is 2.04 bits per heavy atom. The summed E-state index contributed by atoms with van der Waals surface area (Å²) in [6, 6.07) is 4.51. The lowest BCUT2D eigenvalue weighted by Crippen LogP contribution is -2.42. The van der Waals surface area contributed by atoms with Gasteiger partial charge >= 0.3 is 0 Å². The number of nitrogens with one attached hydrogen (secondary N) is 2. The van der Waals surface area contributed by atoms with E-state index in [9.17, 15) is 9.59 Å². The van der Waals surface area contributed by atoms with E-state index in [1.807, 2.05) is 0 Å². The molecule has 5 nitrogen and oxygen atoms in total. The normalized spacial score (nSPS) is 17.1. The largest absolute Gasteiger partial charge is 0.329 e. The molecule has 1 heterocycles. The molecule has 0 radical (unpaired) electrons. The summed E-state index contributed by atoms with van der Waals surface area (Å²) in [7, 11) is 0. The molecule has 122 valence electrons. The SMILES string of the molecule is N[C@@H](C(=O)Nc1cc2cc[nH]c(=O)c2cc1Cl)C1CCCCC1. The molecule has 0 spiro atoms. The molecule has 0 saturated heterocycles. The average Bonchev–Trinajstić information content (AvgIpc) is 2.56. The minimum Gasteiger partial charge on any atom is -0.329 e. The second kappa shape index (κ2) is 6.72. The Labute approximate surface area is 139 Å². The van der Waals surface area contributed by atoms with Gasteiger partial charge in [0.05, 0.1) is 16.8 Å². The predicted molar refractivity (Wildman–Crippen MR) is 92.8 cm³/mol. The highest BCUT2D eigenvalue weighted by atomic mass is 35.5. The van der Waals surface area contributed by atoms with E-state index in [1.165, 1.54) is 6.42 Å². The minimum absolute atomic E-state index is 0.207. The van der Waals surface area contributed by atoms with Crippen LogP contribution in [0.5, 0.6) is 0 Å². The first-order valence-electron chi connectivity index (χ1n) is 7.93. The summed E-state index contributed by atoms with van der Waals surface area (Å²) in [5.41, 5.74) is 6.40. The number of carbonyl (C=O) groups excluding carboxylic acids is 1. The van der Waals surface area contributed by atoms with E-state index in [0.717, 1.165) is 31.1 Å². The van der Waals surface area contributed by atoms with Gasteiger partial charge in [0, 0.05) is 11.6 Å². The van der Waals surface area contributed by atoms with Crippen molar-refractivity contribution < 1.29 is 4.79 Å². The number of carbonyl (C=O) groups is 1. The number of benzene rings is 1. The Balaban J connectivity index is 1.81. The van der Waals surface area contributed by atoms with Gasteiger partial charge in [-0.15, -0.1) is 0 Å². The van der Waals surface area contributed by atoms with Gasteiger partial charge in [-0.25, -0.2) is 0 Å². The lowest BCUT2D eigenvalue weighted by atomic mass is 9.84. The van der Waals surface area contributed by atoms with Crippen molar-refractivity contribution in [3.63, 3.8) is 0 Å². The lowest BCUT2D eigenvalue weighted by molar-refractivity contribution is -0.118. The number of H-pyrrole nitrogens is 1. The van der Waals surface area contributed by atoms with E-state index >= 15 is 0 Å². The van der Waals surface area contributed by atoms with Crippen molar-refractivity contribution in [1.82, 2.24) is 4.98 Å². The maximum absolute atomic E-state index is 12.4. The maximum atomic E-state index is 12.4. The molecule has 6 heteroatoms. The van der Waals surface area contributed by atoms with E-state index in [-0.39, 0.29) is 17.4 Å². The first-order valence-corrected chi connectivity index (χ1v) is 8.31. The van der Waals surface area contributed by atoms with Crippen LogP contribution in [0.3, 0.4) is 0 Å². The van der Waals surface area contributed by atoms with E-state index in [4.69, 9.17) is 17.3 Å². The number of halogens is 1. The smallest absolute Gasteiger partial charge is 0.255 e. The van der Waals surface area contributed by atoms with Crippen LogP contribution in [0.15, 0.2) is 29.2 Å². The van der Waals surface area contributed by atoms with Crippen molar-refractivity contribution in [2.75, 3.05) is 5.32 Å². The van der Waals surface area contributed by atoms with Crippen LogP contribution in [0, 0.1) is 5.92 Å². The third-order valence-corrected chi connectivity index (χ3v) is 4.89. The first kappa shape index (κ1) is 16.0. The summed E-state index contributed by atoms with van der Waals surface area (Å²) in [5.74, 6) is 0.00816. The van der Waals surface area contributed by atoms with Crippen molar-refractivity contribution in [2.24, 2.45) is 11.7 Å². The van der Waals surface area contributed by atoms with Gasteiger partial charge in [-0.2, -0.15) is 0 Å². The van der Waals surface area contributed by atoms with Gasteiger partial charge in [0.15, 0.2) is 0 Å². The van der Waals surface area contributed by atoms with Crippen molar-refractivity contribution >= 4 is 34.0 Å². The number of nitrogens with two attached hydrogens (primary N) is 1. The molecule has 0 aliphatic heterocycles. The number of hydrogen-bond acceptors (Lipinski definition) is 3. The number of fused-ring (bicyclic) bond motifs is 1. The highest BCUT2D eigenvalue weighted by molar-refractivity contribution is 6.34. The summed E-state index contributed by atoms with van der Waals surface area (Å²) >= 11 is 6.20. The zero-order chi connectivity index (χ0) is 16.4. The molecule has 23 heavy (non-hydrogen) atoms. The predicted octanol–water partition coefficient (Wildman–Crippen LogP) is 3.03. The van der Waals surface area contributed by atoms with E-state index in [0.29, 0.717) is 16.1 Å². The number of hydrogen-bond donors (Lipinski definition) is 3. The van der Waals surface area contributed by atoms with E-state index < -0.39 is 6.04 Å². The molecule has 1 atom stereocenters. The Bertz CT molecular complexity index is 781. The highest BCUT2D eigenvalue weighted by Crippen LogP contribution is 2.29. The van der Waals surface area contributed by atoms with Gasteiger partial charge in [-0.05, 0) is 42.3 Å². The molecule has 2 aromatic rings. The number of aromatic amines is 1. The van der Waals surface area contributed by atoms with Gasteiger partial charge in [-0.3, -0.25) is 9.59 Å². The number of amides is 1. The topological polar surface area (TPSA) is 88.0 Å². The maximum Gasteiger partial charge on any atom is 0.255 e. The van der Waals surface area contributed by atoms with Crippen molar-refractivity contribution in [3.8, 4) is 0 Å². The summed E-state index contributed by atoms with van der Waals surface area (Å²) in [5, 5.41) is 4.36. The van der Waals surface area contributed by atoms with Gasteiger partial charge in [-0.1, -0.05) is 30.9 Å². The number of anilines is 1. The van der Waals surface area contributed by atoms with Crippen LogP contribution in [-0.4, -0.2) is 16.9 Å². The standard InChI is InChI=1S/C17H20ClN3O2/c18-13-9-12-11(6-7-20-16(12)22)8-14(13)21-17(23)15(19)10-4-2-1-3-5-10/h6-10,15H,1-5,19H2,(H,20,22)(H,21,23)/t15-/m1/s1. The Kier molecular flexibility index (Phi) is 4.68. The van der Waals surface area contributed by atoms with Crippen molar-refractivity contribution in [1.29, 1.82) is 0 Å². The molecule has 0 unspecified atom stereocenters. The summed E-state index contributed by atoms with van der Waals surface area (Å²) in [6.07, 6.45) is 7.04. The molecule has 1 aromatic heterocycles. The fourth-order valence-electron chi connectivity index (χ4n) is 3.23. The van der Waals surface area contributed by atoms with Crippen LogP contribution in [0.2, 0.25) is 5.02 Å². The van der Waals surface area contributed by atoms with Crippen LogP contribution in [0.4, 0.5) is 5.69 Å². The highest BCUT2D eigenvalue weighted by Gasteiger charge is 2.26. The second-order valence-electron chi connectivity index (χ2n) is 6.14. The molecule has 1 aliphatic carbocycles. The van der Waals surface area contributed by atoms with Crippen molar-refractivity contribution in [3.05, 3.63) is 39.8 Å². The zero-order valence-corrected chi connectivity index (χ0v) is 13.5. The third kappa shape index (κ3) is 3.41. The van der Waals surface area contributed by atoms with Crippen LogP contribution in [0.1, 0.15) is 32.1 Å². The molecule has 1 amide bonds. The molecular formula is C17H20ClN3O2. The number of aromatic nitrogens is 1. The summed E-state index contributed by atoms with van der Waals surface area (Å²) < 4.78 is 0. The molecule has 1 saturated carbocycles. The van der Waals surface area contributed by atoms with Crippen LogP contribution >= 0.6 is 11.6 Å². The van der Waals surface area contributed by atoms with Crippen LogP contribution in [0.25, 0.3) is 10.8 Å². The van der Waals surface area contributed by atoms with Crippen LogP contribution in [-0.2, 0) is 4.79 Å². The van der Waals surface area contributed by atoms with Gasteiger partial charge < -0.3 is 16.0 Å². The van der Waals surface area contributed by atoms with Gasteiger partial charge in [0.1, 0.15) is 0 Å². The second-order valence-corrected chi connectivity index (χ2v) is 6.55. The Morgan fingerprint density at radius 3 is 2.78 bits per heavy atom. The average molecular weight is 334 g/mol. The third-order valence-electron chi connectivity index (χ3n) is 4.58.